The molecule has 128 valence electrons. The molecule has 1 N–H and O–H groups in total. The molecule has 0 saturated heterocycles. The number of rotatable bonds is 5. The number of para-hydroxylation sites is 2. The smallest absolute Gasteiger partial charge is 0.241 e. The van der Waals surface area contributed by atoms with Crippen molar-refractivity contribution in [1.29, 1.82) is 0 Å². The van der Waals surface area contributed by atoms with Gasteiger partial charge >= 0.3 is 0 Å². The van der Waals surface area contributed by atoms with Crippen molar-refractivity contribution >= 4 is 11.6 Å². The lowest BCUT2D eigenvalue weighted by Gasteiger charge is -2.33. The number of nitrogens with one attached hydrogen (secondary N) is 1. The fraction of sp³-hybridized carbons (Fsp3) is 0.474. The van der Waals surface area contributed by atoms with E-state index in [1.807, 2.05) is 48.5 Å². The zero-order chi connectivity index (χ0) is 16.9. The minimum absolute atomic E-state index is 0.143. The number of hydrogen-bond donors (Lipinski definition) is 1. The van der Waals surface area contributed by atoms with Crippen LogP contribution >= 0.6 is 0 Å². The molecule has 1 amide bonds. The fourth-order valence-corrected chi connectivity index (χ4v) is 3.36. The van der Waals surface area contributed by atoms with E-state index in [1.54, 1.807) is 10.9 Å². The summed E-state index contributed by atoms with van der Waals surface area (Å²) in [5.41, 5.74) is 1.87. The Labute approximate surface area is 143 Å². The van der Waals surface area contributed by atoms with Gasteiger partial charge in [-0.05, 0) is 49.8 Å². The van der Waals surface area contributed by atoms with Crippen LogP contribution in [-0.4, -0.2) is 40.2 Å². The second-order valence-corrected chi connectivity index (χ2v) is 6.74. The van der Waals surface area contributed by atoms with E-state index in [9.17, 15) is 4.79 Å². The monoisotopic (exact) mass is 326 g/mol. The van der Waals surface area contributed by atoms with Gasteiger partial charge in [-0.15, -0.1) is 0 Å². The predicted molar refractivity (Wildman–Crippen MR) is 96.2 cm³/mol. The highest BCUT2D eigenvalue weighted by atomic mass is 16.2. The normalized spacial score (nSPS) is 20.6. The summed E-state index contributed by atoms with van der Waals surface area (Å²) in [6.45, 7) is 2.60. The van der Waals surface area contributed by atoms with E-state index < -0.39 is 0 Å². The van der Waals surface area contributed by atoms with Crippen LogP contribution in [0.5, 0.6) is 0 Å². The van der Waals surface area contributed by atoms with E-state index in [0.717, 1.165) is 30.1 Å². The van der Waals surface area contributed by atoms with Crippen LogP contribution in [0.3, 0.4) is 0 Å². The number of nitrogens with zero attached hydrogens (tertiary/aromatic N) is 3. The van der Waals surface area contributed by atoms with Crippen molar-refractivity contribution in [2.75, 3.05) is 18.9 Å². The molecule has 5 heteroatoms. The Morgan fingerprint density at radius 2 is 2.00 bits per heavy atom. The first-order chi connectivity index (χ1) is 11.6. The molecular weight excluding hydrogens is 300 g/mol. The number of anilines is 1. The van der Waals surface area contributed by atoms with E-state index in [1.165, 1.54) is 12.8 Å². The number of likely N-dealkylation sites (N-methyl/N-ethyl adjacent to an activating group) is 1. The molecule has 24 heavy (non-hydrogen) atoms. The molecule has 0 spiro atoms. The highest BCUT2D eigenvalue weighted by Gasteiger charge is 2.24. The third kappa shape index (κ3) is 3.78. The third-order valence-electron chi connectivity index (χ3n) is 5.01. The number of carbonyl (C=O) groups is 1. The molecule has 2 aromatic rings. The van der Waals surface area contributed by atoms with Crippen LogP contribution in [0.2, 0.25) is 0 Å². The maximum atomic E-state index is 12.5. The minimum Gasteiger partial charge on any atom is -0.374 e. The quantitative estimate of drug-likeness (QED) is 0.917. The average Bonchev–Trinajstić information content (AvgIpc) is 3.14. The zero-order valence-electron chi connectivity index (χ0n) is 14.5. The Morgan fingerprint density at radius 1 is 1.25 bits per heavy atom. The summed E-state index contributed by atoms with van der Waals surface area (Å²) in [6.07, 6.45) is 8.33. The van der Waals surface area contributed by atoms with Crippen molar-refractivity contribution in [1.82, 2.24) is 14.7 Å². The lowest BCUT2D eigenvalue weighted by molar-refractivity contribution is -0.130. The van der Waals surface area contributed by atoms with E-state index >= 15 is 0 Å². The van der Waals surface area contributed by atoms with E-state index in [4.69, 9.17) is 0 Å². The van der Waals surface area contributed by atoms with Gasteiger partial charge in [-0.3, -0.25) is 4.79 Å². The van der Waals surface area contributed by atoms with Crippen molar-refractivity contribution in [2.24, 2.45) is 5.92 Å². The standard InChI is InChI=1S/C19H26N4O/c1-15-8-10-16(11-9-15)22(2)19(24)14-20-17-6-3-4-7-18(17)23-13-5-12-21-23/h3-7,12-13,15-16,20H,8-11,14H2,1-2H3. The molecule has 3 rings (SSSR count). The van der Waals surface area contributed by atoms with Gasteiger partial charge in [0.05, 0.1) is 17.9 Å². The van der Waals surface area contributed by atoms with Crippen LogP contribution in [0.25, 0.3) is 5.69 Å². The SMILES string of the molecule is CC1CCC(N(C)C(=O)CNc2ccccc2-n2cccn2)CC1. The van der Waals surface area contributed by atoms with Gasteiger partial charge in [0.2, 0.25) is 5.91 Å². The number of carbonyl (C=O) groups excluding carboxylic acids is 1. The van der Waals surface area contributed by atoms with E-state index in [-0.39, 0.29) is 5.91 Å². The van der Waals surface area contributed by atoms with Crippen LogP contribution in [0.1, 0.15) is 32.6 Å². The number of benzene rings is 1. The predicted octanol–water partition coefficient (Wildman–Crippen LogP) is 3.32. The summed E-state index contributed by atoms with van der Waals surface area (Å²) in [5, 5.41) is 7.55. The van der Waals surface area contributed by atoms with Gasteiger partial charge in [0.25, 0.3) is 0 Å². The topological polar surface area (TPSA) is 50.2 Å². The molecule has 1 heterocycles. The van der Waals surface area contributed by atoms with Crippen LogP contribution < -0.4 is 5.32 Å². The van der Waals surface area contributed by atoms with Crippen LogP contribution in [0.4, 0.5) is 5.69 Å². The lowest BCUT2D eigenvalue weighted by Crippen LogP contribution is -2.42. The van der Waals surface area contributed by atoms with E-state index in [2.05, 4.69) is 17.3 Å². The van der Waals surface area contributed by atoms with E-state index in [0.29, 0.717) is 12.6 Å². The van der Waals surface area contributed by atoms with Crippen LogP contribution in [0, 0.1) is 5.92 Å². The highest BCUT2D eigenvalue weighted by molar-refractivity contribution is 5.81. The maximum absolute atomic E-state index is 12.5. The van der Waals surface area contributed by atoms with Gasteiger partial charge in [0, 0.05) is 25.5 Å². The highest BCUT2D eigenvalue weighted by Crippen LogP contribution is 2.26. The largest absolute Gasteiger partial charge is 0.374 e. The van der Waals surface area contributed by atoms with Crippen molar-refractivity contribution in [2.45, 2.75) is 38.6 Å². The van der Waals surface area contributed by atoms with Gasteiger partial charge in [0.1, 0.15) is 0 Å². The molecule has 0 unspecified atom stereocenters. The Kier molecular flexibility index (Phi) is 5.18. The maximum Gasteiger partial charge on any atom is 0.241 e. The second-order valence-electron chi connectivity index (χ2n) is 6.74. The Balaban J connectivity index is 1.61. The summed E-state index contributed by atoms with van der Waals surface area (Å²) in [6, 6.07) is 10.2. The van der Waals surface area contributed by atoms with Gasteiger partial charge in [-0.2, -0.15) is 5.10 Å². The van der Waals surface area contributed by atoms with Crippen molar-refractivity contribution in [3.63, 3.8) is 0 Å². The average molecular weight is 326 g/mol. The number of aromatic nitrogens is 2. The van der Waals surface area contributed by atoms with Crippen LogP contribution in [-0.2, 0) is 4.79 Å². The molecule has 1 fully saturated rings. The molecule has 5 nitrogen and oxygen atoms in total. The van der Waals surface area contributed by atoms with Crippen LogP contribution in [0.15, 0.2) is 42.7 Å². The van der Waals surface area contributed by atoms with Gasteiger partial charge in [-0.25, -0.2) is 4.68 Å². The Bertz CT molecular complexity index is 660. The molecule has 0 aliphatic heterocycles. The lowest BCUT2D eigenvalue weighted by atomic mass is 9.87. The first-order valence-corrected chi connectivity index (χ1v) is 8.73. The first kappa shape index (κ1) is 16.6. The molecule has 1 aliphatic carbocycles. The molecule has 1 saturated carbocycles. The molecular formula is C19H26N4O. The van der Waals surface area contributed by atoms with Gasteiger partial charge < -0.3 is 10.2 Å². The molecule has 1 aliphatic rings. The zero-order valence-corrected chi connectivity index (χ0v) is 14.5. The summed E-state index contributed by atoms with van der Waals surface area (Å²) in [7, 11) is 1.93. The Morgan fingerprint density at radius 3 is 2.71 bits per heavy atom. The summed E-state index contributed by atoms with van der Waals surface area (Å²) >= 11 is 0. The van der Waals surface area contributed by atoms with Crippen molar-refractivity contribution in [3.8, 4) is 5.69 Å². The molecule has 0 radical (unpaired) electrons. The summed E-state index contributed by atoms with van der Waals surface area (Å²) < 4.78 is 1.80. The number of hydrogen-bond acceptors (Lipinski definition) is 3. The van der Waals surface area contributed by atoms with Crippen molar-refractivity contribution < 1.29 is 4.79 Å². The molecule has 0 bridgehead atoms. The minimum atomic E-state index is 0.143. The Hall–Kier alpha value is -2.30. The molecule has 0 atom stereocenters. The second kappa shape index (κ2) is 7.51. The number of amides is 1. The van der Waals surface area contributed by atoms with Gasteiger partial charge in [-0.1, -0.05) is 19.1 Å². The molecule has 1 aromatic heterocycles. The fourth-order valence-electron chi connectivity index (χ4n) is 3.36. The summed E-state index contributed by atoms with van der Waals surface area (Å²) in [4.78, 5) is 14.5. The molecule has 1 aromatic carbocycles. The first-order valence-electron chi connectivity index (χ1n) is 8.73. The third-order valence-corrected chi connectivity index (χ3v) is 5.01. The summed E-state index contributed by atoms with van der Waals surface area (Å²) in [5.74, 6) is 0.939. The van der Waals surface area contributed by atoms with Gasteiger partial charge in [0.15, 0.2) is 0 Å². The van der Waals surface area contributed by atoms with Crippen molar-refractivity contribution in [3.05, 3.63) is 42.7 Å².